The van der Waals surface area contributed by atoms with Crippen molar-refractivity contribution in [1.29, 1.82) is 0 Å². The van der Waals surface area contributed by atoms with Crippen molar-refractivity contribution in [2.45, 2.75) is 24.7 Å². The fourth-order valence-corrected chi connectivity index (χ4v) is 5.01. The normalized spacial score (nSPS) is 16.2. The maximum absolute atomic E-state index is 13.2. The van der Waals surface area contributed by atoms with E-state index in [1.165, 1.54) is 36.9 Å². The Bertz CT molecular complexity index is 1000. The number of methoxy groups -OCH3 is 2. The first-order valence-electron chi connectivity index (χ1n) is 9.43. The van der Waals surface area contributed by atoms with Crippen molar-refractivity contribution < 1.29 is 38.9 Å². The summed E-state index contributed by atoms with van der Waals surface area (Å²) in [6.07, 6.45) is -0.630. The average Bonchev–Trinajstić information content (AvgIpc) is 3.50. The van der Waals surface area contributed by atoms with Gasteiger partial charge in [-0.25, -0.2) is 0 Å². The SMILES string of the molecule is COC(=O)CC(C1=C(O)C(=O)C(C(CC(=O)OC)c2ccsc2)=C(O)C1=O)c1ccsc1. The molecule has 2 atom stereocenters. The molecule has 0 saturated heterocycles. The first-order valence-corrected chi connectivity index (χ1v) is 11.3. The van der Waals surface area contributed by atoms with Gasteiger partial charge in [0, 0.05) is 11.8 Å². The van der Waals surface area contributed by atoms with E-state index in [0.29, 0.717) is 11.1 Å². The van der Waals surface area contributed by atoms with Gasteiger partial charge in [-0.3, -0.25) is 19.2 Å². The van der Waals surface area contributed by atoms with Gasteiger partial charge in [0.2, 0.25) is 11.6 Å². The number of rotatable bonds is 8. The molecular weight excluding hydrogens is 456 g/mol. The molecule has 0 saturated carbocycles. The molecule has 0 spiro atoms. The zero-order chi connectivity index (χ0) is 23.4. The summed E-state index contributed by atoms with van der Waals surface area (Å²) in [7, 11) is 2.37. The van der Waals surface area contributed by atoms with Crippen LogP contribution in [0.1, 0.15) is 35.8 Å². The first-order chi connectivity index (χ1) is 15.3. The Labute approximate surface area is 191 Å². The van der Waals surface area contributed by atoms with Gasteiger partial charge in [-0.1, -0.05) is 0 Å². The van der Waals surface area contributed by atoms with Crippen molar-refractivity contribution in [2.24, 2.45) is 0 Å². The average molecular weight is 477 g/mol. The lowest BCUT2D eigenvalue weighted by Gasteiger charge is -2.26. The minimum atomic E-state index is -0.992. The largest absolute Gasteiger partial charge is 0.504 e. The van der Waals surface area contributed by atoms with Crippen molar-refractivity contribution in [1.82, 2.24) is 0 Å². The van der Waals surface area contributed by atoms with Crippen molar-refractivity contribution in [2.75, 3.05) is 14.2 Å². The Morgan fingerprint density at radius 3 is 1.47 bits per heavy atom. The summed E-state index contributed by atoms with van der Waals surface area (Å²) < 4.78 is 9.39. The predicted octanol–water partition coefficient (Wildman–Crippen LogP) is 3.58. The number of allylic oxidation sites excluding steroid dienone is 2. The molecule has 2 N–H and O–H groups in total. The van der Waals surface area contributed by atoms with Crippen molar-refractivity contribution >= 4 is 46.2 Å². The second-order valence-electron chi connectivity index (χ2n) is 6.96. The summed E-state index contributed by atoms with van der Waals surface area (Å²) in [5, 5.41) is 28.4. The molecule has 2 unspecified atom stereocenters. The van der Waals surface area contributed by atoms with Gasteiger partial charge >= 0.3 is 11.9 Å². The highest BCUT2D eigenvalue weighted by molar-refractivity contribution is 7.08. The fraction of sp³-hybridized carbons (Fsp3) is 0.273. The minimum Gasteiger partial charge on any atom is -0.504 e. The molecule has 1 aliphatic rings. The van der Waals surface area contributed by atoms with Crippen LogP contribution in [-0.4, -0.2) is 47.9 Å². The molecule has 1 aliphatic carbocycles. The number of hydrogen-bond acceptors (Lipinski definition) is 10. The number of carbonyl (C=O) groups excluding carboxylic acids is 4. The van der Waals surface area contributed by atoms with E-state index in [4.69, 9.17) is 9.47 Å². The Hall–Kier alpha value is -3.24. The van der Waals surface area contributed by atoms with Crippen LogP contribution in [0.15, 0.2) is 56.3 Å². The minimum absolute atomic E-state index is 0.315. The highest BCUT2D eigenvalue weighted by Gasteiger charge is 2.43. The Kier molecular flexibility index (Phi) is 7.26. The fourth-order valence-electron chi connectivity index (χ4n) is 3.58. The van der Waals surface area contributed by atoms with Crippen LogP contribution in [0.2, 0.25) is 0 Å². The second-order valence-corrected chi connectivity index (χ2v) is 8.52. The summed E-state index contributed by atoms with van der Waals surface area (Å²) in [5.74, 6) is -7.00. The maximum atomic E-state index is 13.2. The second kappa shape index (κ2) is 9.92. The Morgan fingerprint density at radius 2 is 1.19 bits per heavy atom. The van der Waals surface area contributed by atoms with Gasteiger partial charge in [0.1, 0.15) is 0 Å². The molecule has 32 heavy (non-hydrogen) atoms. The van der Waals surface area contributed by atoms with Gasteiger partial charge in [-0.2, -0.15) is 22.7 Å². The van der Waals surface area contributed by atoms with Gasteiger partial charge in [0.25, 0.3) is 0 Å². The molecule has 168 valence electrons. The predicted molar refractivity (Wildman–Crippen MR) is 117 cm³/mol. The molecule has 2 heterocycles. The molecule has 0 bridgehead atoms. The number of aliphatic hydroxyl groups is 2. The third-order valence-corrected chi connectivity index (χ3v) is 6.62. The van der Waals surface area contributed by atoms with Gasteiger partial charge in [0.15, 0.2) is 11.5 Å². The topological polar surface area (TPSA) is 127 Å². The van der Waals surface area contributed by atoms with Gasteiger partial charge in [0.05, 0.1) is 38.2 Å². The molecule has 0 radical (unpaired) electrons. The summed E-state index contributed by atoms with van der Waals surface area (Å²) in [6, 6.07) is 3.30. The van der Waals surface area contributed by atoms with E-state index in [9.17, 15) is 29.4 Å². The molecule has 2 aromatic heterocycles. The zero-order valence-electron chi connectivity index (χ0n) is 17.2. The van der Waals surface area contributed by atoms with Crippen molar-refractivity contribution in [3.8, 4) is 0 Å². The maximum Gasteiger partial charge on any atom is 0.306 e. The highest BCUT2D eigenvalue weighted by Crippen LogP contribution is 2.41. The van der Waals surface area contributed by atoms with E-state index in [-0.39, 0.29) is 24.0 Å². The van der Waals surface area contributed by atoms with E-state index in [2.05, 4.69) is 0 Å². The van der Waals surface area contributed by atoms with Crippen LogP contribution in [0.4, 0.5) is 0 Å². The van der Waals surface area contributed by atoms with E-state index < -0.39 is 46.9 Å². The third kappa shape index (κ3) is 4.51. The van der Waals surface area contributed by atoms with E-state index in [1.54, 1.807) is 33.7 Å². The summed E-state index contributed by atoms with van der Waals surface area (Å²) in [6.45, 7) is 0. The van der Waals surface area contributed by atoms with Gasteiger partial charge < -0.3 is 19.7 Å². The molecule has 10 heteroatoms. The molecule has 0 fully saturated rings. The van der Waals surface area contributed by atoms with Crippen LogP contribution in [0.5, 0.6) is 0 Å². The Balaban J connectivity index is 2.09. The lowest BCUT2D eigenvalue weighted by molar-refractivity contribution is -0.142. The molecule has 8 nitrogen and oxygen atoms in total. The standard InChI is InChI=1S/C22H20O8S2/c1-29-15(23)7-13(11-3-5-31-9-11)17-19(25)21(27)18(22(28)20(17)26)14(8-16(24)30-2)12-4-6-32-10-12/h3-6,9-10,13-14,25,28H,7-8H2,1-2H3. The number of ketones is 2. The summed E-state index contributed by atoms with van der Waals surface area (Å²) >= 11 is 2.61. The summed E-state index contributed by atoms with van der Waals surface area (Å²) in [4.78, 5) is 50.3. The smallest absolute Gasteiger partial charge is 0.306 e. The molecular formula is C22H20O8S2. The van der Waals surface area contributed by atoms with Crippen LogP contribution in [0, 0.1) is 0 Å². The van der Waals surface area contributed by atoms with Crippen molar-refractivity contribution in [3.63, 3.8) is 0 Å². The number of esters is 2. The lowest BCUT2D eigenvalue weighted by Crippen LogP contribution is -2.31. The van der Waals surface area contributed by atoms with Crippen LogP contribution < -0.4 is 0 Å². The third-order valence-electron chi connectivity index (χ3n) is 5.21. The number of aliphatic hydroxyl groups excluding tert-OH is 2. The number of ether oxygens (including phenoxy) is 2. The first kappa shape index (κ1) is 23.4. The van der Waals surface area contributed by atoms with E-state index in [0.717, 1.165) is 0 Å². The number of thiophene rings is 2. The monoisotopic (exact) mass is 476 g/mol. The van der Waals surface area contributed by atoms with Crippen LogP contribution >= 0.6 is 22.7 Å². The Morgan fingerprint density at radius 1 is 0.812 bits per heavy atom. The number of carbonyl (C=O) groups is 4. The zero-order valence-corrected chi connectivity index (χ0v) is 18.8. The molecule has 0 aromatic carbocycles. The van der Waals surface area contributed by atoms with E-state index in [1.807, 2.05) is 0 Å². The van der Waals surface area contributed by atoms with Crippen LogP contribution in [-0.2, 0) is 28.7 Å². The molecule has 0 aliphatic heterocycles. The van der Waals surface area contributed by atoms with Crippen LogP contribution in [0.25, 0.3) is 0 Å². The lowest BCUT2D eigenvalue weighted by atomic mass is 9.76. The van der Waals surface area contributed by atoms with Crippen molar-refractivity contribution in [3.05, 3.63) is 67.4 Å². The molecule has 2 aromatic rings. The van der Waals surface area contributed by atoms with Gasteiger partial charge in [-0.15, -0.1) is 0 Å². The number of Topliss-reactive ketones (excluding diaryl/α,β-unsaturated/α-hetero) is 2. The van der Waals surface area contributed by atoms with Crippen LogP contribution in [0.3, 0.4) is 0 Å². The highest BCUT2D eigenvalue weighted by atomic mass is 32.1. The number of hydrogen-bond donors (Lipinski definition) is 2. The molecule has 3 rings (SSSR count). The van der Waals surface area contributed by atoms with Gasteiger partial charge in [-0.05, 0) is 44.8 Å². The molecule has 0 amide bonds. The quantitative estimate of drug-likeness (QED) is 0.437. The van der Waals surface area contributed by atoms with E-state index >= 15 is 0 Å². The summed E-state index contributed by atoms with van der Waals surface area (Å²) in [5.41, 5.74) is 0.260.